The molecule has 0 aliphatic carbocycles. The quantitative estimate of drug-likeness (QED) is 0.392. The van der Waals surface area contributed by atoms with Gasteiger partial charge in [0, 0.05) is 54.9 Å². The normalized spacial score (nSPS) is 18.8. The van der Waals surface area contributed by atoms with Gasteiger partial charge in [-0.25, -0.2) is 17.6 Å². The van der Waals surface area contributed by atoms with E-state index in [1.807, 2.05) is 25.1 Å². The molecule has 5 rings (SSSR count). The number of benzene rings is 2. The summed E-state index contributed by atoms with van der Waals surface area (Å²) in [7, 11) is 0. The third kappa shape index (κ3) is 7.09. The Morgan fingerprint density at radius 3 is 2.46 bits per heavy atom. The molecule has 0 saturated carbocycles. The van der Waals surface area contributed by atoms with Crippen molar-refractivity contribution in [3.05, 3.63) is 70.9 Å². The van der Waals surface area contributed by atoms with Gasteiger partial charge in [0.2, 0.25) is 0 Å². The van der Waals surface area contributed by atoms with Crippen LogP contribution in [0.15, 0.2) is 42.5 Å². The summed E-state index contributed by atoms with van der Waals surface area (Å²) in [6.45, 7) is 3.23. The molecule has 1 fully saturated rings. The molecule has 9 heteroatoms. The molecule has 0 unspecified atom stereocenters. The molecule has 1 atom stereocenters. The standard InChI is InChI=1S/C15H18F2N2O.C13H16F3N/c1-10-6-12-11-4-2-3-5-13(11)18-14(12)7-19(10)8-15(16,17)9-20;14-2-1-3-17-8-11(9-17)4-10-5-12(15)7-13(16)6-10/h2-5,10,18,20H,6-9H2,1H3;5-7,11H,1-4,8-9H2/t10-;/m1./s1. The summed E-state index contributed by atoms with van der Waals surface area (Å²) >= 11 is 0. The van der Waals surface area contributed by atoms with E-state index >= 15 is 0 Å². The van der Waals surface area contributed by atoms with E-state index in [1.54, 1.807) is 4.90 Å². The van der Waals surface area contributed by atoms with E-state index in [0.717, 1.165) is 43.3 Å². The number of aromatic amines is 1. The van der Waals surface area contributed by atoms with Gasteiger partial charge in [0.15, 0.2) is 0 Å². The van der Waals surface area contributed by atoms with Crippen molar-refractivity contribution in [3.63, 3.8) is 0 Å². The maximum Gasteiger partial charge on any atom is 0.283 e. The first-order valence-corrected chi connectivity index (χ1v) is 12.7. The van der Waals surface area contributed by atoms with Crippen molar-refractivity contribution in [2.75, 3.05) is 39.5 Å². The summed E-state index contributed by atoms with van der Waals surface area (Å²) in [4.78, 5) is 7.22. The van der Waals surface area contributed by atoms with Crippen molar-refractivity contribution in [2.45, 2.75) is 44.7 Å². The van der Waals surface area contributed by atoms with Gasteiger partial charge in [-0.1, -0.05) is 18.2 Å². The highest BCUT2D eigenvalue weighted by Gasteiger charge is 2.35. The number of nitrogens with zero attached hydrogens (tertiary/aromatic N) is 2. The summed E-state index contributed by atoms with van der Waals surface area (Å²) in [5.74, 6) is -3.64. The Balaban J connectivity index is 0.000000176. The first-order valence-electron chi connectivity index (χ1n) is 12.7. The second kappa shape index (κ2) is 11.9. The highest BCUT2D eigenvalue weighted by Crippen LogP contribution is 2.31. The summed E-state index contributed by atoms with van der Waals surface area (Å²) in [6, 6.07) is 11.7. The Labute approximate surface area is 214 Å². The first-order chi connectivity index (χ1) is 17.7. The molecule has 2 aliphatic rings. The fourth-order valence-electron chi connectivity index (χ4n) is 5.30. The topological polar surface area (TPSA) is 42.5 Å². The van der Waals surface area contributed by atoms with Gasteiger partial charge < -0.3 is 15.0 Å². The number of aliphatic hydroxyl groups excluding tert-OH is 1. The minimum atomic E-state index is -3.04. The highest BCUT2D eigenvalue weighted by molar-refractivity contribution is 5.84. The van der Waals surface area contributed by atoms with E-state index in [4.69, 9.17) is 5.11 Å². The maximum atomic E-state index is 13.4. The van der Waals surface area contributed by atoms with Crippen LogP contribution in [0, 0.1) is 17.6 Å². The van der Waals surface area contributed by atoms with Crippen LogP contribution in [0.5, 0.6) is 0 Å². The summed E-state index contributed by atoms with van der Waals surface area (Å²) < 4.78 is 64.6. The van der Waals surface area contributed by atoms with Gasteiger partial charge >= 0.3 is 0 Å². The molecule has 2 N–H and O–H groups in total. The number of likely N-dealkylation sites (tertiary alicyclic amines) is 1. The Hall–Kier alpha value is -2.49. The number of rotatable bonds is 8. The van der Waals surface area contributed by atoms with Gasteiger partial charge in [-0.3, -0.25) is 9.29 Å². The molecule has 1 saturated heterocycles. The largest absolute Gasteiger partial charge is 0.390 e. The summed E-state index contributed by atoms with van der Waals surface area (Å²) in [6.07, 6.45) is 2.02. The molecule has 37 heavy (non-hydrogen) atoms. The predicted octanol–water partition coefficient (Wildman–Crippen LogP) is 5.34. The molecule has 0 bridgehead atoms. The van der Waals surface area contributed by atoms with Gasteiger partial charge in [0.25, 0.3) is 5.92 Å². The number of hydrogen-bond acceptors (Lipinski definition) is 3. The van der Waals surface area contributed by atoms with Crippen LogP contribution in [0.1, 0.15) is 30.2 Å². The number of aromatic nitrogens is 1. The number of aliphatic hydroxyl groups is 1. The number of H-pyrrole nitrogens is 1. The molecule has 1 aromatic heterocycles. The van der Waals surface area contributed by atoms with Crippen LogP contribution in [0.25, 0.3) is 10.9 Å². The number of para-hydroxylation sites is 1. The lowest BCUT2D eigenvalue weighted by Gasteiger charge is -2.39. The average Bonchev–Trinajstić information content (AvgIpc) is 3.17. The lowest BCUT2D eigenvalue weighted by atomic mass is 9.92. The molecular formula is C28H34F5N3O. The van der Waals surface area contributed by atoms with E-state index in [1.165, 1.54) is 23.1 Å². The molecular weight excluding hydrogens is 489 g/mol. The monoisotopic (exact) mass is 523 g/mol. The van der Waals surface area contributed by atoms with Gasteiger partial charge in [-0.2, -0.15) is 0 Å². The average molecular weight is 524 g/mol. The highest BCUT2D eigenvalue weighted by atomic mass is 19.3. The molecule has 0 radical (unpaired) electrons. The van der Waals surface area contributed by atoms with Crippen molar-refractivity contribution < 1.29 is 27.1 Å². The zero-order chi connectivity index (χ0) is 26.6. The third-order valence-corrected chi connectivity index (χ3v) is 7.14. The fourth-order valence-corrected chi connectivity index (χ4v) is 5.30. The SMILES string of the molecule is C[C@@H]1Cc2c([nH]c3ccccc23)CN1CC(F)(F)CO.FCCCN1CC(Cc2cc(F)cc(F)c2)C1. The van der Waals surface area contributed by atoms with Gasteiger partial charge in [-0.15, -0.1) is 0 Å². The lowest BCUT2D eigenvalue weighted by Crippen LogP contribution is -2.47. The Kier molecular flexibility index (Phi) is 8.87. The predicted molar refractivity (Wildman–Crippen MR) is 134 cm³/mol. The van der Waals surface area contributed by atoms with Gasteiger partial charge in [-0.05, 0) is 61.4 Å². The smallest absolute Gasteiger partial charge is 0.283 e. The minimum Gasteiger partial charge on any atom is -0.390 e. The van der Waals surface area contributed by atoms with Crippen molar-refractivity contribution in [3.8, 4) is 0 Å². The molecule has 3 heterocycles. The van der Waals surface area contributed by atoms with E-state index in [0.29, 0.717) is 30.9 Å². The second-order valence-electron chi connectivity index (χ2n) is 10.2. The third-order valence-electron chi connectivity index (χ3n) is 7.14. The van der Waals surface area contributed by atoms with Crippen molar-refractivity contribution in [2.24, 2.45) is 5.92 Å². The Bertz CT molecular complexity index is 1160. The van der Waals surface area contributed by atoms with E-state index in [9.17, 15) is 22.0 Å². The second-order valence-corrected chi connectivity index (χ2v) is 10.2. The van der Waals surface area contributed by atoms with Gasteiger partial charge in [0.1, 0.15) is 18.2 Å². The van der Waals surface area contributed by atoms with Crippen LogP contribution in [-0.2, 0) is 19.4 Å². The summed E-state index contributed by atoms with van der Waals surface area (Å²) in [5, 5.41) is 9.92. The van der Waals surface area contributed by atoms with Crippen LogP contribution >= 0.6 is 0 Å². The minimum absolute atomic E-state index is 0.0409. The summed E-state index contributed by atoms with van der Waals surface area (Å²) in [5.41, 5.74) is 4.01. The van der Waals surface area contributed by atoms with Crippen LogP contribution in [0.4, 0.5) is 22.0 Å². The fraction of sp³-hybridized carbons (Fsp3) is 0.500. The molecule has 202 valence electrons. The number of halogens is 5. The molecule has 0 spiro atoms. The zero-order valence-electron chi connectivity index (χ0n) is 21.0. The van der Waals surface area contributed by atoms with E-state index < -0.39 is 30.7 Å². The molecule has 3 aromatic rings. The molecule has 4 nitrogen and oxygen atoms in total. The Morgan fingerprint density at radius 1 is 1.08 bits per heavy atom. The first kappa shape index (κ1) is 27.5. The molecule has 2 aliphatic heterocycles. The van der Waals surface area contributed by atoms with Crippen LogP contribution in [0.2, 0.25) is 0 Å². The Morgan fingerprint density at radius 2 is 1.78 bits per heavy atom. The van der Waals surface area contributed by atoms with Gasteiger partial charge in [0.05, 0.1) is 13.2 Å². The zero-order valence-corrected chi connectivity index (χ0v) is 21.0. The van der Waals surface area contributed by atoms with E-state index in [-0.39, 0.29) is 12.7 Å². The van der Waals surface area contributed by atoms with Crippen molar-refractivity contribution in [1.29, 1.82) is 0 Å². The van der Waals surface area contributed by atoms with E-state index in [2.05, 4.69) is 16.0 Å². The van der Waals surface area contributed by atoms with Crippen molar-refractivity contribution in [1.82, 2.24) is 14.8 Å². The number of fused-ring (bicyclic) bond motifs is 3. The van der Waals surface area contributed by atoms with Crippen molar-refractivity contribution >= 4 is 10.9 Å². The van der Waals surface area contributed by atoms with Crippen LogP contribution in [0.3, 0.4) is 0 Å². The number of nitrogens with one attached hydrogen (secondary N) is 1. The van der Waals surface area contributed by atoms with Crippen LogP contribution < -0.4 is 0 Å². The molecule has 0 amide bonds. The van der Waals surface area contributed by atoms with Crippen LogP contribution in [-0.4, -0.2) is 71.3 Å². The molecule has 2 aromatic carbocycles. The number of hydrogen-bond donors (Lipinski definition) is 2. The lowest BCUT2D eigenvalue weighted by molar-refractivity contribution is -0.0819. The number of alkyl halides is 3. The maximum absolute atomic E-state index is 13.4.